The number of rotatable bonds is 10. The number of methoxy groups -OCH3 is 1. The van der Waals surface area contributed by atoms with E-state index >= 15 is 0 Å². The third-order valence-electron chi connectivity index (χ3n) is 2.79. The van der Waals surface area contributed by atoms with Crippen molar-refractivity contribution in [3.05, 3.63) is 0 Å². The summed E-state index contributed by atoms with van der Waals surface area (Å²) in [7, 11) is 1.21. The molecule has 0 aliphatic rings. The van der Waals surface area contributed by atoms with Crippen LogP contribution >= 0.6 is 0 Å². The maximum absolute atomic E-state index is 11.4. The number of unbranched alkanes of at least 4 members (excludes halogenated alkanes) is 5. The summed E-state index contributed by atoms with van der Waals surface area (Å²) in [5.74, 6) is -0.655. The predicted octanol–water partition coefficient (Wildman–Crippen LogP) is 1.18. The van der Waals surface area contributed by atoms with Gasteiger partial charge in [0, 0.05) is 6.54 Å². The third-order valence-corrected chi connectivity index (χ3v) is 2.79. The minimum atomic E-state index is -1.01. The molecule has 0 aromatic carbocycles. The molecule has 2 amide bonds. The number of amides is 2. The van der Waals surface area contributed by atoms with Crippen molar-refractivity contribution in [3.63, 3.8) is 0 Å². The molecule has 0 saturated carbocycles. The molecule has 6 heteroatoms. The van der Waals surface area contributed by atoms with Gasteiger partial charge >= 0.3 is 12.0 Å². The number of aliphatic hydroxyl groups excluding tert-OH is 1. The molecule has 0 fully saturated rings. The zero-order valence-electron chi connectivity index (χ0n) is 11.9. The Labute approximate surface area is 114 Å². The van der Waals surface area contributed by atoms with Gasteiger partial charge in [-0.25, -0.2) is 9.59 Å². The van der Waals surface area contributed by atoms with Gasteiger partial charge in [-0.05, 0) is 6.42 Å². The summed E-state index contributed by atoms with van der Waals surface area (Å²) in [4.78, 5) is 22.6. The first-order valence-corrected chi connectivity index (χ1v) is 6.88. The first kappa shape index (κ1) is 17.7. The van der Waals surface area contributed by atoms with E-state index in [0.29, 0.717) is 6.54 Å². The molecule has 1 atom stereocenters. The number of carbonyl (C=O) groups excluding carboxylic acids is 2. The molecule has 0 rings (SSSR count). The second-order valence-electron chi connectivity index (χ2n) is 4.43. The smallest absolute Gasteiger partial charge is 0.330 e. The number of esters is 1. The van der Waals surface area contributed by atoms with Crippen LogP contribution in [-0.2, 0) is 9.53 Å². The SMILES string of the molecule is CCCCCCCCNC(=O)NC(CO)C(=O)OC. The minimum absolute atomic E-state index is 0.460. The van der Waals surface area contributed by atoms with Crippen LogP contribution < -0.4 is 10.6 Å². The van der Waals surface area contributed by atoms with Crippen molar-refractivity contribution in [2.75, 3.05) is 20.3 Å². The Hall–Kier alpha value is -1.30. The Morgan fingerprint density at radius 1 is 1.16 bits per heavy atom. The van der Waals surface area contributed by atoms with E-state index in [1.54, 1.807) is 0 Å². The average molecular weight is 274 g/mol. The Morgan fingerprint density at radius 3 is 2.37 bits per heavy atom. The zero-order chi connectivity index (χ0) is 14.5. The number of carbonyl (C=O) groups is 2. The molecule has 19 heavy (non-hydrogen) atoms. The molecule has 0 spiro atoms. The highest BCUT2D eigenvalue weighted by atomic mass is 16.5. The molecule has 0 aromatic heterocycles. The van der Waals surface area contributed by atoms with Gasteiger partial charge in [-0.1, -0.05) is 39.0 Å². The third kappa shape index (κ3) is 9.30. The summed E-state index contributed by atoms with van der Waals surface area (Å²) in [6.07, 6.45) is 6.89. The van der Waals surface area contributed by atoms with Gasteiger partial charge in [0.05, 0.1) is 13.7 Å². The fourth-order valence-electron chi connectivity index (χ4n) is 1.64. The van der Waals surface area contributed by atoms with Crippen LogP contribution in [-0.4, -0.2) is 43.4 Å². The van der Waals surface area contributed by atoms with Crippen LogP contribution in [0, 0.1) is 0 Å². The lowest BCUT2D eigenvalue weighted by molar-refractivity contribution is -0.143. The van der Waals surface area contributed by atoms with Crippen molar-refractivity contribution in [1.29, 1.82) is 0 Å². The monoisotopic (exact) mass is 274 g/mol. The maximum Gasteiger partial charge on any atom is 0.330 e. The van der Waals surface area contributed by atoms with Crippen molar-refractivity contribution in [1.82, 2.24) is 10.6 Å². The first-order chi connectivity index (χ1) is 9.15. The van der Waals surface area contributed by atoms with E-state index in [9.17, 15) is 9.59 Å². The van der Waals surface area contributed by atoms with Crippen LogP contribution in [0.3, 0.4) is 0 Å². The molecular weight excluding hydrogens is 248 g/mol. The Balaban J connectivity index is 3.60. The van der Waals surface area contributed by atoms with Crippen LogP contribution in [0.1, 0.15) is 45.4 Å². The van der Waals surface area contributed by atoms with Gasteiger partial charge < -0.3 is 20.5 Å². The summed E-state index contributed by atoms with van der Waals surface area (Å²) in [6, 6.07) is -1.47. The van der Waals surface area contributed by atoms with E-state index in [4.69, 9.17) is 5.11 Å². The van der Waals surface area contributed by atoms with E-state index in [1.165, 1.54) is 32.8 Å². The predicted molar refractivity (Wildman–Crippen MR) is 72.8 cm³/mol. The fourth-order valence-corrected chi connectivity index (χ4v) is 1.64. The molecular formula is C13H26N2O4. The molecule has 0 radical (unpaired) electrons. The van der Waals surface area contributed by atoms with Gasteiger partial charge in [-0.2, -0.15) is 0 Å². The normalized spacial score (nSPS) is 11.7. The number of ether oxygens (including phenoxy) is 1. The lowest BCUT2D eigenvalue weighted by Gasteiger charge is -2.14. The lowest BCUT2D eigenvalue weighted by atomic mass is 10.1. The topological polar surface area (TPSA) is 87.7 Å². The highest BCUT2D eigenvalue weighted by Crippen LogP contribution is 2.03. The lowest BCUT2D eigenvalue weighted by Crippen LogP contribution is -2.48. The maximum atomic E-state index is 11.4. The highest BCUT2D eigenvalue weighted by Gasteiger charge is 2.19. The van der Waals surface area contributed by atoms with E-state index in [1.807, 2.05) is 0 Å². The molecule has 0 aliphatic heterocycles. The van der Waals surface area contributed by atoms with E-state index in [-0.39, 0.29) is 0 Å². The largest absolute Gasteiger partial charge is 0.467 e. The van der Waals surface area contributed by atoms with Crippen LogP contribution in [0.2, 0.25) is 0 Å². The molecule has 112 valence electrons. The van der Waals surface area contributed by atoms with Gasteiger partial charge in [-0.15, -0.1) is 0 Å². The van der Waals surface area contributed by atoms with Gasteiger partial charge in [0.15, 0.2) is 6.04 Å². The number of urea groups is 1. The number of hydrogen-bond donors (Lipinski definition) is 3. The van der Waals surface area contributed by atoms with E-state index < -0.39 is 24.6 Å². The Bertz CT molecular complexity index is 259. The molecule has 0 heterocycles. The van der Waals surface area contributed by atoms with Gasteiger partial charge in [0.1, 0.15) is 0 Å². The van der Waals surface area contributed by atoms with Crippen LogP contribution in [0.25, 0.3) is 0 Å². The zero-order valence-corrected chi connectivity index (χ0v) is 11.9. The molecule has 0 aromatic rings. The second-order valence-corrected chi connectivity index (χ2v) is 4.43. The molecule has 1 unspecified atom stereocenters. The van der Waals surface area contributed by atoms with Crippen molar-refractivity contribution in [3.8, 4) is 0 Å². The molecule has 0 saturated heterocycles. The fraction of sp³-hybridized carbons (Fsp3) is 0.846. The highest BCUT2D eigenvalue weighted by molar-refractivity contribution is 5.83. The summed E-state index contributed by atoms with van der Waals surface area (Å²) >= 11 is 0. The van der Waals surface area contributed by atoms with E-state index in [2.05, 4.69) is 22.3 Å². The average Bonchev–Trinajstić information content (AvgIpc) is 2.42. The molecule has 6 nitrogen and oxygen atoms in total. The summed E-state index contributed by atoms with van der Waals surface area (Å²) < 4.78 is 4.44. The minimum Gasteiger partial charge on any atom is -0.467 e. The molecule has 0 aliphatic carbocycles. The molecule has 0 bridgehead atoms. The first-order valence-electron chi connectivity index (χ1n) is 6.88. The van der Waals surface area contributed by atoms with Crippen molar-refractivity contribution in [2.45, 2.75) is 51.5 Å². The molecule has 3 N–H and O–H groups in total. The number of hydrogen-bond acceptors (Lipinski definition) is 4. The number of aliphatic hydroxyl groups is 1. The van der Waals surface area contributed by atoms with Crippen LogP contribution in [0.5, 0.6) is 0 Å². The van der Waals surface area contributed by atoms with Gasteiger partial charge in [0.25, 0.3) is 0 Å². The van der Waals surface area contributed by atoms with Crippen molar-refractivity contribution >= 4 is 12.0 Å². The van der Waals surface area contributed by atoms with Gasteiger partial charge in [0.2, 0.25) is 0 Å². The van der Waals surface area contributed by atoms with Crippen molar-refractivity contribution in [2.24, 2.45) is 0 Å². The Kier molecular flexibility index (Phi) is 11.0. The van der Waals surface area contributed by atoms with E-state index in [0.717, 1.165) is 12.8 Å². The van der Waals surface area contributed by atoms with Crippen LogP contribution in [0.15, 0.2) is 0 Å². The quantitative estimate of drug-likeness (QED) is 0.412. The Morgan fingerprint density at radius 2 is 1.79 bits per heavy atom. The van der Waals surface area contributed by atoms with Gasteiger partial charge in [-0.3, -0.25) is 0 Å². The standard InChI is InChI=1S/C13H26N2O4/c1-3-4-5-6-7-8-9-14-13(18)15-11(10-16)12(17)19-2/h11,16H,3-10H2,1-2H3,(H2,14,15,18). The van der Waals surface area contributed by atoms with Crippen molar-refractivity contribution < 1.29 is 19.4 Å². The second kappa shape index (κ2) is 11.8. The number of nitrogens with one attached hydrogen (secondary N) is 2. The summed E-state index contributed by atoms with van der Waals surface area (Å²) in [5.41, 5.74) is 0. The summed E-state index contributed by atoms with van der Waals surface area (Å²) in [6.45, 7) is 2.26. The van der Waals surface area contributed by atoms with Crippen LogP contribution in [0.4, 0.5) is 4.79 Å². The summed E-state index contributed by atoms with van der Waals surface area (Å²) in [5, 5.41) is 13.9.